The van der Waals surface area contributed by atoms with Crippen LogP contribution in [0.3, 0.4) is 0 Å². The molecule has 0 radical (unpaired) electrons. The maximum Gasteiger partial charge on any atom is 0.262 e. The number of piperidine rings is 1. The van der Waals surface area contributed by atoms with E-state index in [-0.39, 0.29) is 17.4 Å². The largest absolute Gasteiger partial charge is 0.482 e. The number of sulfonamides is 1. The lowest BCUT2D eigenvalue weighted by Gasteiger charge is -2.25. The first-order valence-electron chi connectivity index (χ1n) is 8.84. The predicted molar refractivity (Wildman–Crippen MR) is 112 cm³/mol. The van der Waals surface area contributed by atoms with E-state index in [4.69, 9.17) is 16.3 Å². The third-order valence-corrected chi connectivity index (χ3v) is 7.05. The van der Waals surface area contributed by atoms with Gasteiger partial charge < -0.3 is 10.1 Å². The fourth-order valence-corrected chi connectivity index (χ4v) is 5.14. The lowest BCUT2D eigenvalue weighted by Crippen LogP contribution is -2.35. The van der Waals surface area contributed by atoms with Crippen LogP contribution in [0.4, 0.5) is 5.69 Å². The molecule has 1 saturated heterocycles. The highest BCUT2D eigenvalue weighted by Crippen LogP contribution is 2.27. The zero-order valence-electron chi connectivity index (χ0n) is 15.0. The molecule has 1 amide bonds. The third kappa shape index (κ3) is 5.26. The highest BCUT2D eigenvalue weighted by molar-refractivity contribution is 9.10. The van der Waals surface area contributed by atoms with Crippen molar-refractivity contribution in [2.24, 2.45) is 0 Å². The van der Waals surface area contributed by atoms with Crippen LogP contribution in [0.5, 0.6) is 5.75 Å². The Kier molecular flexibility index (Phi) is 6.98. The van der Waals surface area contributed by atoms with E-state index >= 15 is 0 Å². The fourth-order valence-electron chi connectivity index (χ4n) is 2.90. The van der Waals surface area contributed by atoms with Crippen molar-refractivity contribution in [2.45, 2.75) is 24.2 Å². The van der Waals surface area contributed by atoms with E-state index in [2.05, 4.69) is 21.2 Å². The molecule has 0 unspecified atom stereocenters. The summed E-state index contributed by atoms with van der Waals surface area (Å²) < 4.78 is 33.0. The SMILES string of the molecule is O=C(COc1ccc(Br)cc1Cl)Nc1ccc(S(=O)(=O)N2CCCCC2)cc1. The van der Waals surface area contributed by atoms with E-state index in [0.29, 0.717) is 29.5 Å². The van der Waals surface area contributed by atoms with Crippen LogP contribution in [-0.4, -0.2) is 38.3 Å². The van der Waals surface area contributed by atoms with Crippen LogP contribution in [-0.2, 0) is 14.8 Å². The van der Waals surface area contributed by atoms with Gasteiger partial charge in [-0.1, -0.05) is 34.0 Å². The van der Waals surface area contributed by atoms with Gasteiger partial charge in [-0.05, 0) is 55.3 Å². The van der Waals surface area contributed by atoms with E-state index in [1.54, 1.807) is 30.3 Å². The number of halogens is 2. The molecule has 2 aromatic rings. The number of nitrogens with one attached hydrogen (secondary N) is 1. The Labute approximate surface area is 178 Å². The van der Waals surface area contributed by atoms with Gasteiger partial charge in [-0.3, -0.25) is 4.79 Å². The first-order chi connectivity index (χ1) is 13.4. The van der Waals surface area contributed by atoms with Crippen LogP contribution in [0.1, 0.15) is 19.3 Å². The summed E-state index contributed by atoms with van der Waals surface area (Å²) in [4.78, 5) is 12.3. The van der Waals surface area contributed by atoms with Crippen LogP contribution in [0.25, 0.3) is 0 Å². The van der Waals surface area contributed by atoms with Gasteiger partial charge in [0, 0.05) is 23.2 Å². The summed E-state index contributed by atoms with van der Waals surface area (Å²) >= 11 is 9.35. The van der Waals surface area contributed by atoms with Gasteiger partial charge in [0.15, 0.2) is 6.61 Å². The monoisotopic (exact) mass is 486 g/mol. The second-order valence-corrected chi connectivity index (χ2v) is 9.66. The molecule has 3 rings (SSSR count). The van der Waals surface area contributed by atoms with Crippen molar-refractivity contribution in [3.63, 3.8) is 0 Å². The van der Waals surface area contributed by atoms with E-state index in [9.17, 15) is 13.2 Å². The molecule has 150 valence electrons. The number of ether oxygens (including phenoxy) is 1. The minimum atomic E-state index is -3.48. The van der Waals surface area contributed by atoms with E-state index in [0.717, 1.165) is 23.7 Å². The molecule has 9 heteroatoms. The summed E-state index contributed by atoms with van der Waals surface area (Å²) in [6, 6.07) is 11.3. The smallest absolute Gasteiger partial charge is 0.262 e. The third-order valence-electron chi connectivity index (χ3n) is 4.34. The minimum Gasteiger partial charge on any atom is -0.482 e. The van der Waals surface area contributed by atoms with Gasteiger partial charge in [-0.15, -0.1) is 0 Å². The second kappa shape index (κ2) is 9.26. The fraction of sp³-hybridized carbons (Fsp3) is 0.316. The van der Waals surface area contributed by atoms with Crippen molar-refractivity contribution in [1.29, 1.82) is 0 Å². The first-order valence-corrected chi connectivity index (χ1v) is 11.5. The lowest BCUT2D eigenvalue weighted by molar-refractivity contribution is -0.118. The number of rotatable bonds is 6. The van der Waals surface area contributed by atoms with Gasteiger partial charge in [-0.2, -0.15) is 4.31 Å². The molecule has 0 saturated carbocycles. The Balaban J connectivity index is 1.58. The zero-order chi connectivity index (χ0) is 20.1. The van der Waals surface area contributed by atoms with Crippen molar-refractivity contribution in [3.8, 4) is 5.75 Å². The topological polar surface area (TPSA) is 75.7 Å². The normalized spacial score (nSPS) is 15.2. The summed E-state index contributed by atoms with van der Waals surface area (Å²) in [6.45, 7) is 0.892. The Morgan fingerprint density at radius 3 is 2.43 bits per heavy atom. The second-order valence-electron chi connectivity index (χ2n) is 6.40. The standard InChI is InChI=1S/C19H20BrClN2O4S/c20-14-4-9-18(17(21)12-14)27-13-19(24)22-15-5-7-16(8-6-15)28(25,26)23-10-2-1-3-11-23/h4-9,12H,1-3,10-11,13H2,(H,22,24). The van der Waals surface area contributed by atoms with Crippen molar-refractivity contribution in [1.82, 2.24) is 4.31 Å². The van der Waals surface area contributed by atoms with Crippen molar-refractivity contribution < 1.29 is 17.9 Å². The summed E-state index contributed by atoms with van der Waals surface area (Å²) in [7, 11) is -3.48. The average Bonchev–Trinajstić information content (AvgIpc) is 2.68. The van der Waals surface area contributed by atoms with Crippen LogP contribution in [0.2, 0.25) is 5.02 Å². The predicted octanol–water partition coefficient (Wildman–Crippen LogP) is 4.29. The van der Waals surface area contributed by atoms with Crippen molar-refractivity contribution >= 4 is 49.1 Å². The number of carbonyl (C=O) groups is 1. The summed E-state index contributed by atoms with van der Waals surface area (Å²) in [6.07, 6.45) is 2.83. The molecule has 1 heterocycles. The Hall–Kier alpha value is -1.61. The van der Waals surface area contributed by atoms with Crippen LogP contribution < -0.4 is 10.1 Å². The summed E-state index contributed by atoms with van der Waals surface area (Å²) in [5.41, 5.74) is 0.494. The van der Waals surface area contributed by atoms with Crippen molar-refractivity contribution in [3.05, 3.63) is 52.0 Å². The van der Waals surface area contributed by atoms with E-state index < -0.39 is 10.0 Å². The molecular weight excluding hydrogens is 468 g/mol. The number of nitrogens with zero attached hydrogens (tertiary/aromatic N) is 1. The van der Waals surface area contributed by atoms with Crippen LogP contribution >= 0.6 is 27.5 Å². The molecule has 2 aromatic carbocycles. The minimum absolute atomic E-state index is 0.213. The van der Waals surface area contributed by atoms with Gasteiger partial charge in [0.25, 0.3) is 5.91 Å². The first kappa shape index (κ1) is 21.1. The lowest BCUT2D eigenvalue weighted by atomic mass is 10.2. The highest BCUT2D eigenvalue weighted by Gasteiger charge is 2.25. The number of hydrogen-bond donors (Lipinski definition) is 1. The molecule has 0 bridgehead atoms. The average molecular weight is 488 g/mol. The van der Waals surface area contributed by atoms with Gasteiger partial charge in [0.05, 0.1) is 9.92 Å². The quantitative estimate of drug-likeness (QED) is 0.659. The molecule has 0 atom stereocenters. The summed E-state index contributed by atoms with van der Waals surface area (Å²) in [5.74, 6) is 0.0358. The molecule has 6 nitrogen and oxygen atoms in total. The molecule has 0 aromatic heterocycles. The highest BCUT2D eigenvalue weighted by atomic mass is 79.9. The number of hydrogen-bond acceptors (Lipinski definition) is 4. The molecule has 1 fully saturated rings. The van der Waals surface area contributed by atoms with Gasteiger partial charge in [0.2, 0.25) is 10.0 Å². The number of anilines is 1. The molecule has 28 heavy (non-hydrogen) atoms. The van der Waals surface area contributed by atoms with E-state index in [1.807, 2.05) is 0 Å². The van der Waals surface area contributed by atoms with Crippen molar-refractivity contribution in [2.75, 3.05) is 25.0 Å². The Morgan fingerprint density at radius 1 is 1.11 bits per heavy atom. The van der Waals surface area contributed by atoms with Crippen LogP contribution in [0, 0.1) is 0 Å². The number of amides is 1. The van der Waals surface area contributed by atoms with Gasteiger partial charge in [-0.25, -0.2) is 8.42 Å². The molecule has 1 N–H and O–H groups in total. The van der Waals surface area contributed by atoms with Gasteiger partial charge in [0.1, 0.15) is 5.75 Å². The zero-order valence-corrected chi connectivity index (χ0v) is 18.2. The summed E-state index contributed by atoms with van der Waals surface area (Å²) in [5, 5.41) is 3.07. The number of benzene rings is 2. The van der Waals surface area contributed by atoms with Crippen LogP contribution in [0.15, 0.2) is 51.8 Å². The molecular formula is C19H20BrClN2O4S. The molecule has 0 spiro atoms. The molecule has 0 aliphatic carbocycles. The maximum absolute atomic E-state index is 12.6. The Bertz CT molecular complexity index is 945. The maximum atomic E-state index is 12.6. The number of carbonyl (C=O) groups excluding carboxylic acids is 1. The van der Waals surface area contributed by atoms with Gasteiger partial charge >= 0.3 is 0 Å². The molecule has 1 aliphatic heterocycles. The molecule has 1 aliphatic rings. The Morgan fingerprint density at radius 2 is 1.79 bits per heavy atom. The van der Waals surface area contributed by atoms with E-state index in [1.165, 1.54) is 16.4 Å².